The number of carbonyl (C=O) groups is 2. The molecule has 0 saturated carbocycles. The Hall–Kier alpha value is -3.45. The first-order valence-corrected chi connectivity index (χ1v) is 13.9. The predicted molar refractivity (Wildman–Crippen MR) is 152 cm³/mol. The van der Waals surface area contributed by atoms with E-state index in [9.17, 15) is 9.59 Å². The second-order valence-corrected chi connectivity index (χ2v) is 11.4. The highest BCUT2D eigenvalue weighted by molar-refractivity contribution is 8.15. The number of amides is 2. The third kappa shape index (κ3) is 7.32. The summed E-state index contributed by atoms with van der Waals surface area (Å²) in [4.78, 5) is 23.4. The molecule has 1 heterocycles. The highest BCUT2D eigenvalue weighted by atomic mass is 32.2. The minimum atomic E-state index is -0.527. The van der Waals surface area contributed by atoms with Gasteiger partial charge in [-0.2, -0.15) is 0 Å². The Morgan fingerprint density at radius 3 is 2.29 bits per heavy atom. The number of benzene rings is 3. The Bertz CT molecular complexity index is 1270. The average molecular weight is 534 g/mol. The number of rotatable bonds is 11. The number of carbonyl (C=O) groups excluding carboxylic acids is 2. The van der Waals surface area contributed by atoms with Crippen LogP contribution < -0.4 is 19.5 Å². The zero-order valence-corrected chi connectivity index (χ0v) is 23.2. The molecule has 0 bridgehead atoms. The van der Waals surface area contributed by atoms with Gasteiger partial charge in [-0.1, -0.05) is 58.4 Å². The molecule has 0 aromatic heterocycles. The topological polar surface area (TPSA) is 73.9 Å². The summed E-state index contributed by atoms with van der Waals surface area (Å²) in [5.41, 5.74) is 3.25. The van der Waals surface area contributed by atoms with E-state index < -0.39 is 5.25 Å². The van der Waals surface area contributed by atoms with Crippen molar-refractivity contribution in [2.24, 2.45) is 0 Å². The average Bonchev–Trinajstić information content (AvgIpc) is 3.23. The molecule has 38 heavy (non-hydrogen) atoms. The Morgan fingerprint density at radius 2 is 1.61 bits per heavy atom. The van der Waals surface area contributed by atoms with E-state index >= 15 is 0 Å². The van der Waals surface area contributed by atoms with Gasteiger partial charge in [0.15, 0.2) is 0 Å². The van der Waals surface area contributed by atoms with Crippen molar-refractivity contribution in [1.82, 2.24) is 5.32 Å². The molecule has 4 rings (SSSR count). The largest absolute Gasteiger partial charge is 0.493 e. The van der Waals surface area contributed by atoms with Crippen molar-refractivity contribution in [3.05, 3.63) is 83.4 Å². The molecule has 2 amide bonds. The quantitative estimate of drug-likeness (QED) is 0.256. The number of nitrogens with one attached hydrogen (secondary N) is 1. The van der Waals surface area contributed by atoms with Gasteiger partial charge in [0.2, 0.25) is 5.91 Å². The zero-order valence-electron chi connectivity index (χ0n) is 22.4. The fourth-order valence-electron chi connectivity index (χ4n) is 4.16. The van der Waals surface area contributed by atoms with Crippen molar-refractivity contribution in [2.45, 2.75) is 57.6 Å². The number of hydrogen-bond donors (Lipinski definition) is 1. The normalized spacial score (nSPS) is 15.3. The lowest BCUT2D eigenvalue weighted by Crippen LogP contribution is -2.20. The summed E-state index contributed by atoms with van der Waals surface area (Å²) in [6, 6.07) is 21.5. The second kappa shape index (κ2) is 12.4. The summed E-state index contributed by atoms with van der Waals surface area (Å²) in [5.74, 6) is 2.85. The van der Waals surface area contributed by atoms with Crippen LogP contribution in [0.25, 0.3) is 0 Å². The standard InChI is InChI=1S/C31H35NO5S/c1-5-8-21-19-26(37-24-13-11-23(12-14-24)31(2,3)4)15-16-27(21)36-18-7-17-35-25-10-6-9-22(20-25)28-29(33)32-30(34)38-28/h6,9-16,19-20,28H,5,7-8,17-18H2,1-4H3,(H,32,33,34)/t28-/m1/s1. The molecule has 1 saturated heterocycles. The van der Waals surface area contributed by atoms with Crippen LogP contribution >= 0.6 is 11.8 Å². The van der Waals surface area contributed by atoms with Crippen LogP contribution in [0.4, 0.5) is 4.79 Å². The number of aryl methyl sites for hydroxylation is 1. The van der Waals surface area contributed by atoms with E-state index in [0.717, 1.165) is 53.0 Å². The van der Waals surface area contributed by atoms with Gasteiger partial charge in [0.25, 0.3) is 5.24 Å². The van der Waals surface area contributed by atoms with Crippen molar-refractivity contribution < 1.29 is 23.8 Å². The van der Waals surface area contributed by atoms with E-state index in [0.29, 0.717) is 25.4 Å². The molecule has 7 heteroatoms. The zero-order chi connectivity index (χ0) is 27.1. The lowest BCUT2D eigenvalue weighted by molar-refractivity contribution is -0.119. The number of hydrogen-bond acceptors (Lipinski definition) is 6. The monoisotopic (exact) mass is 533 g/mol. The fourth-order valence-corrected chi connectivity index (χ4v) is 4.98. The molecule has 0 aliphatic carbocycles. The lowest BCUT2D eigenvalue weighted by Gasteiger charge is -2.19. The molecule has 1 atom stereocenters. The number of ether oxygens (including phenoxy) is 3. The van der Waals surface area contributed by atoms with Gasteiger partial charge < -0.3 is 14.2 Å². The molecule has 1 aliphatic rings. The van der Waals surface area contributed by atoms with Crippen molar-refractivity contribution in [2.75, 3.05) is 13.2 Å². The molecular formula is C31H35NO5S. The lowest BCUT2D eigenvalue weighted by atomic mass is 9.87. The number of thioether (sulfide) groups is 1. The first-order chi connectivity index (χ1) is 18.2. The Kier molecular flexibility index (Phi) is 9.00. The Labute approximate surface area is 229 Å². The van der Waals surface area contributed by atoms with Gasteiger partial charge in [-0.05, 0) is 82.8 Å². The fraction of sp³-hybridized carbons (Fsp3) is 0.355. The van der Waals surface area contributed by atoms with Crippen LogP contribution in [0.15, 0.2) is 66.7 Å². The first-order valence-electron chi connectivity index (χ1n) is 13.0. The van der Waals surface area contributed by atoms with Crippen LogP contribution in [0, 0.1) is 0 Å². The maximum Gasteiger partial charge on any atom is 0.286 e. The Balaban J connectivity index is 1.29. The van der Waals surface area contributed by atoms with Crippen LogP contribution in [0.1, 0.15) is 62.5 Å². The molecule has 3 aromatic rings. The van der Waals surface area contributed by atoms with Crippen LogP contribution in [-0.4, -0.2) is 24.4 Å². The summed E-state index contributed by atoms with van der Waals surface area (Å²) >= 11 is 0.989. The van der Waals surface area contributed by atoms with Crippen LogP contribution in [0.2, 0.25) is 0 Å². The molecule has 1 N–H and O–H groups in total. The third-order valence-corrected chi connectivity index (χ3v) is 7.21. The van der Waals surface area contributed by atoms with Crippen molar-refractivity contribution in [3.8, 4) is 23.0 Å². The maximum absolute atomic E-state index is 11.9. The van der Waals surface area contributed by atoms with E-state index in [-0.39, 0.29) is 16.6 Å². The van der Waals surface area contributed by atoms with Gasteiger partial charge >= 0.3 is 0 Å². The second-order valence-electron chi connectivity index (χ2n) is 10.3. The van der Waals surface area contributed by atoms with Crippen LogP contribution in [0.5, 0.6) is 23.0 Å². The summed E-state index contributed by atoms with van der Waals surface area (Å²) < 4.78 is 18.1. The molecule has 1 fully saturated rings. The van der Waals surface area contributed by atoms with Gasteiger partial charge in [0.05, 0.1) is 13.2 Å². The molecule has 6 nitrogen and oxygen atoms in total. The predicted octanol–water partition coefficient (Wildman–Crippen LogP) is 7.60. The summed E-state index contributed by atoms with van der Waals surface area (Å²) in [7, 11) is 0. The smallest absolute Gasteiger partial charge is 0.286 e. The minimum absolute atomic E-state index is 0.106. The maximum atomic E-state index is 11.9. The molecule has 200 valence electrons. The van der Waals surface area contributed by atoms with Gasteiger partial charge in [-0.25, -0.2) is 0 Å². The third-order valence-electron chi connectivity index (χ3n) is 6.17. The van der Waals surface area contributed by atoms with Crippen molar-refractivity contribution >= 4 is 22.9 Å². The molecule has 0 spiro atoms. The SMILES string of the molecule is CCCc1cc(Oc2ccc(C(C)(C)C)cc2)ccc1OCCCOc1cccc([C@H]2SC(=O)NC2=O)c1. The number of imide groups is 1. The first kappa shape index (κ1) is 27.6. The molecule has 1 aliphatic heterocycles. The molecule has 3 aromatic carbocycles. The Morgan fingerprint density at radius 1 is 0.868 bits per heavy atom. The van der Waals surface area contributed by atoms with Crippen molar-refractivity contribution in [3.63, 3.8) is 0 Å². The van der Waals surface area contributed by atoms with E-state index in [1.54, 1.807) is 0 Å². The van der Waals surface area contributed by atoms with Gasteiger partial charge in [0.1, 0.15) is 28.2 Å². The highest BCUT2D eigenvalue weighted by Crippen LogP contribution is 2.35. The van der Waals surface area contributed by atoms with Gasteiger partial charge in [-0.3, -0.25) is 14.9 Å². The minimum Gasteiger partial charge on any atom is -0.493 e. The molecular weight excluding hydrogens is 498 g/mol. The van der Waals surface area contributed by atoms with Gasteiger partial charge in [0, 0.05) is 6.42 Å². The molecule has 0 radical (unpaired) electrons. The van der Waals surface area contributed by atoms with E-state index in [1.807, 2.05) is 48.5 Å². The summed E-state index contributed by atoms with van der Waals surface area (Å²) in [6.45, 7) is 9.73. The van der Waals surface area contributed by atoms with Crippen molar-refractivity contribution in [1.29, 1.82) is 0 Å². The summed E-state index contributed by atoms with van der Waals surface area (Å²) in [6.07, 6.45) is 2.60. The highest BCUT2D eigenvalue weighted by Gasteiger charge is 2.33. The van der Waals surface area contributed by atoms with E-state index in [4.69, 9.17) is 14.2 Å². The van der Waals surface area contributed by atoms with Crippen LogP contribution in [-0.2, 0) is 16.6 Å². The summed E-state index contributed by atoms with van der Waals surface area (Å²) in [5, 5.41) is 1.47. The van der Waals surface area contributed by atoms with E-state index in [2.05, 4.69) is 51.2 Å². The van der Waals surface area contributed by atoms with Gasteiger partial charge in [-0.15, -0.1) is 0 Å². The molecule has 0 unspecified atom stereocenters. The van der Waals surface area contributed by atoms with E-state index in [1.165, 1.54) is 5.56 Å². The van der Waals surface area contributed by atoms with Crippen LogP contribution in [0.3, 0.4) is 0 Å².